The Balaban J connectivity index is 1.72. The molecule has 3 aromatic carbocycles. The molecule has 5 nitrogen and oxygen atoms in total. The van der Waals surface area contributed by atoms with E-state index in [0.29, 0.717) is 17.0 Å². The van der Waals surface area contributed by atoms with Crippen LogP contribution < -0.4 is 0 Å². The van der Waals surface area contributed by atoms with Crippen LogP contribution in [0.5, 0.6) is 5.75 Å². The van der Waals surface area contributed by atoms with Gasteiger partial charge in [-0.3, -0.25) is 9.89 Å². The molecule has 4 rings (SSSR count). The van der Waals surface area contributed by atoms with Crippen molar-refractivity contribution >= 4 is 28.5 Å². The van der Waals surface area contributed by atoms with Gasteiger partial charge in [0.2, 0.25) is 0 Å². The van der Waals surface area contributed by atoms with Crippen molar-refractivity contribution in [3.05, 3.63) is 71.4 Å². The van der Waals surface area contributed by atoms with Gasteiger partial charge in [0.15, 0.2) is 0 Å². The number of carbonyl (C=O) groups is 1. The number of aromatic amines is 1. The third kappa shape index (κ3) is 3.44. The molecule has 1 heterocycles. The highest BCUT2D eigenvalue weighted by molar-refractivity contribution is 6.34. The summed E-state index contributed by atoms with van der Waals surface area (Å²) in [6.07, 6.45) is 0.406. The average molecular weight is 393 g/mol. The van der Waals surface area contributed by atoms with Crippen LogP contribution in [0.2, 0.25) is 5.02 Å². The molecule has 28 heavy (non-hydrogen) atoms. The first kappa shape index (κ1) is 18.1. The number of phenols is 1. The van der Waals surface area contributed by atoms with Gasteiger partial charge >= 0.3 is 5.97 Å². The first-order chi connectivity index (χ1) is 13.5. The maximum atomic E-state index is 10.9. The molecule has 4 aromatic rings. The molecule has 0 radical (unpaired) electrons. The summed E-state index contributed by atoms with van der Waals surface area (Å²) in [5.74, 6) is -0.618. The van der Waals surface area contributed by atoms with E-state index in [1.807, 2.05) is 42.5 Å². The monoisotopic (exact) mass is 392 g/mol. The third-order valence-corrected chi connectivity index (χ3v) is 5.03. The third-order valence-electron chi connectivity index (χ3n) is 4.72. The number of benzene rings is 3. The van der Waals surface area contributed by atoms with Gasteiger partial charge in [0.25, 0.3) is 0 Å². The molecule has 0 fully saturated rings. The Kier molecular flexibility index (Phi) is 4.75. The van der Waals surface area contributed by atoms with Crippen molar-refractivity contribution in [3.63, 3.8) is 0 Å². The second-order valence-corrected chi connectivity index (χ2v) is 6.95. The zero-order valence-electron chi connectivity index (χ0n) is 14.8. The van der Waals surface area contributed by atoms with E-state index in [2.05, 4.69) is 10.2 Å². The highest BCUT2D eigenvalue weighted by Crippen LogP contribution is 2.35. The van der Waals surface area contributed by atoms with Gasteiger partial charge in [-0.15, -0.1) is 0 Å². The second kappa shape index (κ2) is 7.37. The van der Waals surface area contributed by atoms with Gasteiger partial charge in [0, 0.05) is 28.6 Å². The summed E-state index contributed by atoms with van der Waals surface area (Å²) in [4.78, 5) is 10.9. The number of hydrogen-bond donors (Lipinski definition) is 3. The van der Waals surface area contributed by atoms with Gasteiger partial charge in [-0.05, 0) is 29.3 Å². The lowest BCUT2D eigenvalue weighted by Crippen LogP contribution is -1.98. The van der Waals surface area contributed by atoms with Crippen molar-refractivity contribution < 1.29 is 15.0 Å². The number of para-hydroxylation sites is 1. The highest BCUT2D eigenvalue weighted by atomic mass is 35.5. The predicted molar refractivity (Wildman–Crippen MR) is 110 cm³/mol. The summed E-state index contributed by atoms with van der Waals surface area (Å²) in [6, 6.07) is 18.7. The van der Waals surface area contributed by atoms with Crippen LogP contribution in [0.25, 0.3) is 33.2 Å². The number of aromatic hydroxyl groups is 1. The van der Waals surface area contributed by atoms with E-state index < -0.39 is 5.97 Å². The van der Waals surface area contributed by atoms with E-state index in [0.717, 1.165) is 33.3 Å². The number of hydrogen-bond acceptors (Lipinski definition) is 3. The number of carboxylic acid groups (broad SMARTS) is 1. The normalized spacial score (nSPS) is 11.0. The molecule has 0 saturated heterocycles. The highest BCUT2D eigenvalue weighted by Gasteiger charge is 2.13. The van der Waals surface area contributed by atoms with Crippen LogP contribution in [-0.2, 0) is 11.2 Å². The van der Waals surface area contributed by atoms with Crippen LogP contribution in [0.1, 0.15) is 12.1 Å². The number of nitrogens with one attached hydrogen (secondary N) is 1. The molecular formula is C22H17ClN2O3. The molecule has 1 aromatic heterocycles. The Morgan fingerprint density at radius 1 is 1.00 bits per heavy atom. The number of rotatable bonds is 5. The molecule has 3 N–H and O–H groups in total. The maximum absolute atomic E-state index is 10.9. The summed E-state index contributed by atoms with van der Waals surface area (Å²) < 4.78 is 0. The van der Waals surface area contributed by atoms with Crippen molar-refractivity contribution in [2.45, 2.75) is 12.8 Å². The fraction of sp³-hybridized carbons (Fsp3) is 0.0909. The van der Waals surface area contributed by atoms with Gasteiger partial charge < -0.3 is 10.2 Å². The summed E-state index contributed by atoms with van der Waals surface area (Å²) in [5, 5.41) is 27.5. The van der Waals surface area contributed by atoms with Gasteiger partial charge in [-0.1, -0.05) is 54.1 Å². The minimum atomic E-state index is -0.850. The molecule has 0 unspecified atom stereocenters. The molecular weight excluding hydrogens is 376 g/mol. The fourth-order valence-electron chi connectivity index (χ4n) is 3.28. The largest absolute Gasteiger partial charge is 0.507 e. The van der Waals surface area contributed by atoms with Crippen molar-refractivity contribution in [1.82, 2.24) is 10.2 Å². The molecule has 0 spiro atoms. The number of H-pyrrole nitrogens is 1. The van der Waals surface area contributed by atoms with Gasteiger partial charge in [-0.2, -0.15) is 5.10 Å². The quantitative estimate of drug-likeness (QED) is 0.431. The minimum absolute atomic E-state index is 0.0323. The van der Waals surface area contributed by atoms with E-state index in [1.165, 1.54) is 0 Å². The van der Waals surface area contributed by atoms with E-state index >= 15 is 0 Å². The first-order valence-electron chi connectivity index (χ1n) is 8.80. The van der Waals surface area contributed by atoms with Crippen LogP contribution in [0.15, 0.2) is 60.7 Å². The number of carboxylic acids is 1. The molecule has 0 aliphatic rings. The average Bonchev–Trinajstić information content (AvgIpc) is 3.08. The lowest BCUT2D eigenvalue weighted by Gasteiger charge is -2.08. The van der Waals surface area contributed by atoms with Gasteiger partial charge in [0.05, 0.1) is 17.0 Å². The second-order valence-electron chi connectivity index (χ2n) is 6.54. The zero-order valence-corrected chi connectivity index (χ0v) is 15.6. The standard InChI is InChI=1S/C22H17ClN2O3/c23-18-12-20-17(19(24-25-20)9-10-22(27)28)11-16(18)14-7-5-13(6-8-14)15-3-1-2-4-21(15)26/h1-8,11-12,26H,9-10H2,(H,24,25)(H,27,28). The Morgan fingerprint density at radius 3 is 2.36 bits per heavy atom. The number of nitrogens with zero attached hydrogens (tertiary/aromatic N) is 1. The van der Waals surface area contributed by atoms with Gasteiger partial charge in [0.1, 0.15) is 5.75 Å². The molecule has 0 aliphatic carbocycles. The SMILES string of the molecule is O=C(O)CCc1[nH]nc2cc(Cl)c(-c3ccc(-c4ccccc4O)cc3)cc12. The van der Waals surface area contributed by atoms with E-state index in [4.69, 9.17) is 16.7 Å². The lowest BCUT2D eigenvalue weighted by molar-refractivity contribution is -0.136. The van der Waals surface area contributed by atoms with Crippen LogP contribution in [0.3, 0.4) is 0 Å². The number of aromatic nitrogens is 2. The van der Waals surface area contributed by atoms with Crippen LogP contribution in [-0.4, -0.2) is 26.4 Å². The molecule has 0 amide bonds. The van der Waals surface area contributed by atoms with Crippen molar-refractivity contribution in [1.29, 1.82) is 0 Å². The summed E-state index contributed by atoms with van der Waals surface area (Å²) >= 11 is 6.47. The summed E-state index contributed by atoms with van der Waals surface area (Å²) in [5.41, 5.74) is 4.93. The van der Waals surface area contributed by atoms with Crippen LogP contribution in [0, 0.1) is 0 Å². The van der Waals surface area contributed by atoms with Crippen molar-refractivity contribution in [2.24, 2.45) is 0 Å². The summed E-state index contributed by atoms with van der Waals surface area (Å²) in [6.45, 7) is 0. The Morgan fingerprint density at radius 2 is 1.68 bits per heavy atom. The Labute approximate surface area is 166 Å². The number of fused-ring (bicyclic) bond motifs is 1. The van der Waals surface area contributed by atoms with E-state index in [-0.39, 0.29) is 12.2 Å². The zero-order chi connectivity index (χ0) is 19.7. The lowest BCUT2D eigenvalue weighted by atomic mass is 9.98. The molecule has 6 heteroatoms. The summed E-state index contributed by atoms with van der Waals surface area (Å²) in [7, 11) is 0. The molecule has 0 aliphatic heterocycles. The van der Waals surface area contributed by atoms with Crippen molar-refractivity contribution in [2.75, 3.05) is 0 Å². The Hall–Kier alpha value is -3.31. The first-order valence-corrected chi connectivity index (χ1v) is 9.18. The molecule has 140 valence electrons. The van der Waals surface area contributed by atoms with Crippen molar-refractivity contribution in [3.8, 4) is 28.0 Å². The minimum Gasteiger partial charge on any atom is -0.507 e. The number of aliphatic carboxylic acids is 1. The van der Waals surface area contributed by atoms with E-state index in [9.17, 15) is 9.90 Å². The van der Waals surface area contributed by atoms with E-state index in [1.54, 1.807) is 18.2 Å². The Bertz CT molecular complexity index is 1170. The number of aryl methyl sites for hydroxylation is 1. The number of halogens is 1. The topological polar surface area (TPSA) is 86.2 Å². The van der Waals surface area contributed by atoms with Crippen LogP contribution in [0.4, 0.5) is 0 Å². The molecule has 0 saturated carbocycles. The number of phenolic OH excluding ortho intramolecular Hbond substituents is 1. The fourth-order valence-corrected chi connectivity index (χ4v) is 3.54. The van der Waals surface area contributed by atoms with Crippen LogP contribution >= 0.6 is 11.6 Å². The smallest absolute Gasteiger partial charge is 0.303 e. The van der Waals surface area contributed by atoms with Gasteiger partial charge in [-0.25, -0.2) is 0 Å². The molecule has 0 bridgehead atoms. The predicted octanol–water partition coefficient (Wildman–Crippen LogP) is 5.27. The maximum Gasteiger partial charge on any atom is 0.303 e. The molecule has 0 atom stereocenters.